The minimum Gasteiger partial charge on any atom is -0.493 e. The van der Waals surface area contributed by atoms with Gasteiger partial charge in [0.25, 0.3) is 0 Å². The van der Waals surface area contributed by atoms with Gasteiger partial charge in [-0.25, -0.2) is 0 Å². The maximum absolute atomic E-state index is 5.90. The molecule has 1 saturated heterocycles. The number of hydrogen-bond acceptors (Lipinski definition) is 2. The van der Waals surface area contributed by atoms with Crippen molar-refractivity contribution in [3.05, 3.63) is 29.3 Å². The Bertz CT molecular complexity index is 424. The third kappa shape index (κ3) is 2.00. The molecule has 2 nitrogen and oxygen atoms in total. The van der Waals surface area contributed by atoms with Gasteiger partial charge in [-0.1, -0.05) is 28.1 Å². The Hall–Kier alpha value is -0.540. The van der Waals surface area contributed by atoms with Crippen LogP contribution >= 0.6 is 15.9 Å². The molecular weight excluding hydrogens is 280 g/mol. The van der Waals surface area contributed by atoms with Gasteiger partial charge in [-0.15, -0.1) is 0 Å². The largest absolute Gasteiger partial charge is 0.493 e. The average Bonchev–Trinajstić information content (AvgIpc) is 2.96. The molecule has 0 amide bonds. The van der Waals surface area contributed by atoms with Crippen molar-refractivity contribution >= 4 is 15.9 Å². The first-order valence-corrected chi connectivity index (χ1v) is 7.14. The van der Waals surface area contributed by atoms with Crippen LogP contribution in [0, 0.1) is 0 Å². The highest BCUT2D eigenvalue weighted by Gasteiger charge is 2.38. The van der Waals surface area contributed by atoms with Gasteiger partial charge in [0.2, 0.25) is 0 Å². The van der Waals surface area contributed by atoms with Crippen LogP contribution in [0.3, 0.4) is 0 Å². The average molecular weight is 297 g/mol. The molecule has 92 valence electrons. The van der Waals surface area contributed by atoms with E-state index >= 15 is 0 Å². The lowest BCUT2D eigenvalue weighted by molar-refractivity contribution is 0.0197. The van der Waals surface area contributed by atoms with Gasteiger partial charge >= 0.3 is 0 Å². The first-order chi connectivity index (χ1) is 8.19. The molecule has 1 aromatic carbocycles. The molecule has 0 bridgehead atoms. The predicted molar refractivity (Wildman–Crippen MR) is 70.9 cm³/mol. The monoisotopic (exact) mass is 296 g/mol. The lowest BCUT2D eigenvalue weighted by Crippen LogP contribution is -2.28. The Labute approximate surface area is 110 Å². The molecule has 2 heterocycles. The molecule has 3 heteroatoms. The van der Waals surface area contributed by atoms with Gasteiger partial charge in [-0.2, -0.15) is 0 Å². The molecular formula is C14H17BrO2. The summed E-state index contributed by atoms with van der Waals surface area (Å²) in [6, 6.07) is 6.50. The van der Waals surface area contributed by atoms with Crippen molar-refractivity contribution in [1.29, 1.82) is 0 Å². The molecule has 0 radical (unpaired) electrons. The number of fused-ring (bicyclic) bond motifs is 1. The van der Waals surface area contributed by atoms with Crippen molar-refractivity contribution in [3.8, 4) is 5.75 Å². The second-order valence-electron chi connectivity index (χ2n) is 5.09. The molecule has 0 N–H and O–H groups in total. The van der Waals surface area contributed by atoms with E-state index in [0.717, 1.165) is 38.2 Å². The summed E-state index contributed by atoms with van der Waals surface area (Å²) in [5.41, 5.74) is 2.57. The molecule has 2 unspecified atom stereocenters. The van der Waals surface area contributed by atoms with Crippen LogP contribution in [-0.4, -0.2) is 18.8 Å². The fraction of sp³-hybridized carbons (Fsp3) is 0.571. The number of halogens is 1. The summed E-state index contributed by atoms with van der Waals surface area (Å²) in [5, 5.41) is 0. The highest BCUT2D eigenvalue weighted by Crippen LogP contribution is 2.44. The predicted octanol–water partition coefficient (Wildman–Crippen LogP) is 3.63. The van der Waals surface area contributed by atoms with Gasteiger partial charge in [-0.3, -0.25) is 0 Å². The van der Waals surface area contributed by atoms with E-state index in [-0.39, 0.29) is 10.4 Å². The molecule has 2 atom stereocenters. The summed E-state index contributed by atoms with van der Waals surface area (Å²) in [6.07, 6.45) is 3.31. The number of alkyl halides is 1. The third-order valence-electron chi connectivity index (χ3n) is 3.79. The Balaban J connectivity index is 1.88. The summed E-state index contributed by atoms with van der Waals surface area (Å²) in [5.74, 6) is 1.05. The molecule has 1 aromatic rings. The van der Waals surface area contributed by atoms with Gasteiger partial charge in [0.05, 0.1) is 17.0 Å². The molecule has 0 aliphatic carbocycles. The van der Waals surface area contributed by atoms with Crippen LogP contribution in [0.1, 0.15) is 35.7 Å². The van der Waals surface area contributed by atoms with E-state index in [0.29, 0.717) is 0 Å². The minimum absolute atomic E-state index is 0.0618. The summed E-state index contributed by atoms with van der Waals surface area (Å²) >= 11 is 3.81. The van der Waals surface area contributed by atoms with Crippen molar-refractivity contribution < 1.29 is 9.47 Å². The van der Waals surface area contributed by atoms with Crippen molar-refractivity contribution in [2.24, 2.45) is 0 Å². The van der Waals surface area contributed by atoms with E-state index in [9.17, 15) is 0 Å². The molecule has 0 spiro atoms. The van der Waals surface area contributed by atoms with Crippen molar-refractivity contribution in [3.63, 3.8) is 0 Å². The number of ether oxygens (including phenoxy) is 2. The Morgan fingerprint density at radius 1 is 1.35 bits per heavy atom. The third-order valence-corrected chi connectivity index (χ3v) is 5.29. The van der Waals surface area contributed by atoms with E-state index in [1.807, 2.05) is 0 Å². The molecule has 17 heavy (non-hydrogen) atoms. The van der Waals surface area contributed by atoms with Crippen LogP contribution < -0.4 is 4.74 Å². The first kappa shape index (κ1) is 11.5. The Morgan fingerprint density at radius 2 is 2.24 bits per heavy atom. The van der Waals surface area contributed by atoms with Crippen LogP contribution in [-0.2, 0) is 11.2 Å². The summed E-state index contributed by atoms with van der Waals surface area (Å²) < 4.78 is 11.4. The van der Waals surface area contributed by atoms with Crippen LogP contribution in [0.5, 0.6) is 5.75 Å². The number of rotatable bonds is 2. The number of hydrogen-bond donors (Lipinski definition) is 0. The van der Waals surface area contributed by atoms with Gasteiger partial charge in [0, 0.05) is 13.0 Å². The van der Waals surface area contributed by atoms with Gasteiger partial charge < -0.3 is 9.47 Å². The topological polar surface area (TPSA) is 18.5 Å². The van der Waals surface area contributed by atoms with Crippen molar-refractivity contribution in [1.82, 2.24) is 0 Å². The molecule has 2 aliphatic rings. The molecule has 1 fully saturated rings. The lowest BCUT2D eigenvalue weighted by atomic mass is 9.92. The highest BCUT2D eigenvalue weighted by molar-refractivity contribution is 9.09. The maximum atomic E-state index is 5.90. The Morgan fingerprint density at radius 3 is 3.00 bits per heavy atom. The second kappa shape index (κ2) is 4.29. The summed E-state index contributed by atoms with van der Waals surface area (Å²) in [4.78, 5) is 0.267. The zero-order valence-electron chi connectivity index (χ0n) is 10.0. The first-order valence-electron chi connectivity index (χ1n) is 6.23. The van der Waals surface area contributed by atoms with Gasteiger partial charge in [0.1, 0.15) is 5.75 Å². The van der Waals surface area contributed by atoms with Crippen LogP contribution in [0.2, 0.25) is 0 Å². The van der Waals surface area contributed by atoms with Crippen molar-refractivity contribution in [2.75, 3.05) is 13.2 Å². The lowest BCUT2D eigenvalue weighted by Gasteiger charge is -2.29. The minimum atomic E-state index is -0.0618. The van der Waals surface area contributed by atoms with E-state index in [2.05, 4.69) is 41.1 Å². The maximum Gasteiger partial charge on any atom is 0.122 e. The van der Waals surface area contributed by atoms with E-state index in [4.69, 9.17) is 9.47 Å². The smallest absolute Gasteiger partial charge is 0.122 e. The normalized spacial score (nSPS) is 28.8. The van der Waals surface area contributed by atoms with Gasteiger partial charge in [-0.05, 0) is 37.0 Å². The SMILES string of the molecule is CC1(C(Br)c2ccc3c(c2)CCO3)CCCO1. The van der Waals surface area contributed by atoms with E-state index in [1.165, 1.54) is 11.1 Å². The molecule has 2 aliphatic heterocycles. The van der Waals surface area contributed by atoms with Crippen molar-refractivity contribution in [2.45, 2.75) is 36.6 Å². The van der Waals surface area contributed by atoms with E-state index in [1.54, 1.807) is 0 Å². The van der Waals surface area contributed by atoms with Crippen LogP contribution in [0.25, 0.3) is 0 Å². The summed E-state index contributed by atoms with van der Waals surface area (Å²) in [6.45, 7) is 3.90. The fourth-order valence-corrected chi connectivity index (χ4v) is 3.36. The Kier molecular flexibility index (Phi) is 2.91. The molecule has 0 saturated carbocycles. The zero-order valence-corrected chi connectivity index (χ0v) is 11.6. The van der Waals surface area contributed by atoms with Gasteiger partial charge in [0.15, 0.2) is 0 Å². The number of benzene rings is 1. The molecule has 3 rings (SSSR count). The highest BCUT2D eigenvalue weighted by atomic mass is 79.9. The van der Waals surface area contributed by atoms with E-state index < -0.39 is 0 Å². The second-order valence-corrected chi connectivity index (χ2v) is 6.01. The fourth-order valence-electron chi connectivity index (χ4n) is 2.72. The standard InChI is InChI=1S/C14H17BrO2/c1-14(6-2-7-17-14)13(15)11-3-4-12-10(9-11)5-8-16-12/h3-4,9,13H,2,5-8H2,1H3. The summed E-state index contributed by atoms with van der Waals surface area (Å²) in [7, 11) is 0. The van der Waals surface area contributed by atoms with Crippen LogP contribution in [0.4, 0.5) is 0 Å². The quantitative estimate of drug-likeness (QED) is 0.776. The van der Waals surface area contributed by atoms with Crippen LogP contribution in [0.15, 0.2) is 18.2 Å². The zero-order chi connectivity index (χ0) is 11.9. The molecule has 0 aromatic heterocycles.